The molecule has 102 valence electrons. The quantitative estimate of drug-likeness (QED) is 0.625. The summed E-state index contributed by atoms with van der Waals surface area (Å²) in [5.74, 6) is 0.142. The second-order valence-electron chi connectivity index (χ2n) is 4.61. The molecule has 1 aliphatic carbocycles. The summed E-state index contributed by atoms with van der Waals surface area (Å²) < 4.78 is 0. The Balaban J connectivity index is 1.90. The molecule has 4 heteroatoms. The van der Waals surface area contributed by atoms with Gasteiger partial charge in [-0.05, 0) is 40.4 Å². The van der Waals surface area contributed by atoms with Gasteiger partial charge in [0.1, 0.15) is 0 Å². The van der Waals surface area contributed by atoms with Gasteiger partial charge in [-0.2, -0.15) is 0 Å². The zero-order valence-corrected chi connectivity index (χ0v) is 13.4. The fourth-order valence-corrected chi connectivity index (χ4v) is 4.72. The summed E-state index contributed by atoms with van der Waals surface area (Å²) in [7, 11) is 0. The number of thiophene rings is 3. The average Bonchev–Trinajstić information content (AvgIpc) is 3.27. The third kappa shape index (κ3) is 2.16. The first kappa shape index (κ1) is 13.0. The number of rotatable bonds is 3. The Morgan fingerprint density at radius 2 is 1.29 bits per heavy atom. The standard InChI is InChI=1S/C17H10OS3/c18-17-12(14-5-2-8-20-14)10-11(13-4-1-7-19-13)16(17)15-6-3-9-21-15/h1-10H. The van der Waals surface area contributed by atoms with Gasteiger partial charge in [-0.3, -0.25) is 4.79 Å². The Kier molecular flexibility index (Phi) is 3.22. The van der Waals surface area contributed by atoms with Crippen molar-refractivity contribution in [2.75, 3.05) is 0 Å². The third-order valence-electron chi connectivity index (χ3n) is 3.37. The molecule has 0 radical (unpaired) electrons. The molecule has 1 nitrogen and oxygen atoms in total. The monoisotopic (exact) mass is 326 g/mol. The molecule has 0 saturated heterocycles. The largest absolute Gasteiger partial charge is 0.288 e. The number of ketones is 1. The van der Waals surface area contributed by atoms with Crippen molar-refractivity contribution in [2.45, 2.75) is 0 Å². The van der Waals surface area contributed by atoms with E-state index in [0.29, 0.717) is 0 Å². The molecule has 1 aliphatic rings. The van der Waals surface area contributed by atoms with Crippen molar-refractivity contribution in [3.8, 4) is 0 Å². The van der Waals surface area contributed by atoms with Gasteiger partial charge in [-0.25, -0.2) is 0 Å². The van der Waals surface area contributed by atoms with Crippen LogP contribution in [0, 0.1) is 0 Å². The van der Waals surface area contributed by atoms with Crippen molar-refractivity contribution in [2.24, 2.45) is 0 Å². The van der Waals surface area contributed by atoms with Gasteiger partial charge in [-0.15, -0.1) is 34.0 Å². The highest BCUT2D eigenvalue weighted by Gasteiger charge is 2.29. The van der Waals surface area contributed by atoms with E-state index in [4.69, 9.17) is 0 Å². The van der Waals surface area contributed by atoms with Crippen LogP contribution in [0.3, 0.4) is 0 Å². The fourth-order valence-electron chi connectivity index (χ4n) is 2.45. The first-order chi connectivity index (χ1) is 10.3. The summed E-state index contributed by atoms with van der Waals surface area (Å²) in [6.45, 7) is 0. The first-order valence-electron chi connectivity index (χ1n) is 6.47. The van der Waals surface area contributed by atoms with Crippen LogP contribution in [-0.4, -0.2) is 5.78 Å². The molecule has 0 atom stereocenters. The van der Waals surface area contributed by atoms with Crippen LogP contribution in [-0.2, 0) is 4.79 Å². The number of hydrogen-bond donors (Lipinski definition) is 0. The van der Waals surface area contributed by atoms with Crippen LogP contribution in [0.2, 0.25) is 0 Å². The Hall–Kier alpha value is -1.75. The van der Waals surface area contributed by atoms with E-state index in [1.165, 1.54) is 0 Å². The molecular formula is C17H10OS3. The topological polar surface area (TPSA) is 17.1 Å². The summed E-state index contributed by atoms with van der Waals surface area (Å²) in [5, 5.41) is 6.08. The van der Waals surface area contributed by atoms with Crippen molar-refractivity contribution in [1.29, 1.82) is 0 Å². The fraction of sp³-hybridized carbons (Fsp3) is 0. The highest BCUT2D eigenvalue weighted by atomic mass is 32.1. The van der Waals surface area contributed by atoms with E-state index >= 15 is 0 Å². The van der Waals surface area contributed by atoms with E-state index in [-0.39, 0.29) is 5.78 Å². The van der Waals surface area contributed by atoms with Crippen molar-refractivity contribution in [1.82, 2.24) is 0 Å². The SMILES string of the molecule is O=C1C(c2cccs2)=CC(c2cccs2)=C1c1cccs1. The maximum atomic E-state index is 12.9. The number of carbonyl (C=O) groups excluding carboxylic acids is 1. The van der Waals surface area contributed by atoms with Crippen molar-refractivity contribution >= 4 is 56.5 Å². The van der Waals surface area contributed by atoms with Gasteiger partial charge in [0, 0.05) is 31.4 Å². The van der Waals surface area contributed by atoms with Crippen LogP contribution in [0.15, 0.2) is 58.6 Å². The van der Waals surface area contributed by atoms with Crippen LogP contribution in [0.25, 0.3) is 16.7 Å². The number of hydrogen-bond acceptors (Lipinski definition) is 4. The maximum Gasteiger partial charge on any atom is 0.196 e. The summed E-state index contributed by atoms with van der Waals surface area (Å²) in [6.07, 6.45) is 2.05. The van der Waals surface area contributed by atoms with Crippen LogP contribution in [0.5, 0.6) is 0 Å². The van der Waals surface area contributed by atoms with Crippen LogP contribution in [0.4, 0.5) is 0 Å². The van der Waals surface area contributed by atoms with Gasteiger partial charge in [0.05, 0.1) is 0 Å². The molecule has 0 aromatic carbocycles. The molecule has 21 heavy (non-hydrogen) atoms. The molecule has 0 aliphatic heterocycles. The summed E-state index contributed by atoms with van der Waals surface area (Å²) in [4.78, 5) is 16.1. The van der Waals surface area contributed by atoms with Crippen molar-refractivity contribution < 1.29 is 4.79 Å². The minimum Gasteiger partial charge on any atom is -0.288 e. The Bertz CT molecular complexity index is 832. The van der Waals surface area contributed by atoms with Gasteiger partial charge in [0.2, 0.25) is 0 Å². The average molecular weight is 326 g/mol. The Morgan fingerprint density at radius 1 is 0.714 bits per heavy atom. The zero-order valence-electron chi connectivity index (χ0n) is 10.9. The Morgan fingerprint density at radius 3 is 1.86 bits per heavy atom. The molecule has 0 fully saturated rings. The molecule has 0 amide bonds. The van der Waals surface area contributed by atoms with E-state index in [9.17, 15) is 4.79 Å². The lowest BCUT2D eigenvalue weighted by Crippen LogP contribution is -1.98. The van der Waals surface area contributed by atoms with Crippen molar-refractivity contribution in [3.63, 3.8) is 0 Å². The van der Waals surface area contributed by atoms with Gasteiger partial charge in [0.25, 0.3) is 0 Å². The number of allylic oxidation sites excluding steroid dienone is 4. The van der Waals surface area contributed by atoms with Gasteiger partial charge < -0.3 is 0 Å². The minimum absolute atomic E-state index is 0.142. The smallest absolute Gasteiger partial charge is 0.196 e. The highest BCUT2D eigenvalue weighted by Crippen LogP contribution is 2.43. The van der Waals surface area contributed by atoms with Gasteiger partial charge in [-0.1, -0.05) is 18.2 Å². The maximum absolute atomic E-state index is 12.9. The van der Waals surface area contributed by atoms with Crippen molar-refractivity contribution in [3.05, 3.63) is 73.2 Å². The number of Topliss-reactive ketones (excluding diaryl/α,β-unsaturated/α-hetero) is 1. The normalized spacial score (nSPS) is 14.9. The lowest BCUT2D eigenvalue weighted by molar-refractivity contribution is -0.108. The predicted octanol–water partition coefficient (Wildman–Crippen LogP) is 5.45. The molecule has 4 rings (SSSR count). The minimum atomic E-state index is 0.142. The molecular weight excluding hydrogens is 316 g/mol. The van der Waals surface area contributed by atoms with E-state index in [2.05, 4.69) is 17.5 Å². The van der Waals surface area contributed by atoms with Crippen LogP contribution < -0.4 is 0 Å². The molecule has 0 spiro atoms. The summed E-state index contributed by atoms with van der Waals surface area (Å²) in [6, 6.07) is 12.1. The molecule has 3 aromatic rings. The molecule has 0 unspecified atom stereocenters. The number of carbonyl (C=O) groups is 1. The predicted molar refractivity (Wildman–Crippen MR) is 92.8 cm³/mol. The molecule has 0 bridgehead atoms. The molecule has 3 heterocycles. The van der Waals surface area contributed by atoms with Gasteiger partial charge >= 0.3 is 0 Å². The summed E-state index contributed by atoms with van der Waals surface area (Å²) in [5.41, 5.74) is 2.72. The van der Waals surface area contributed by atoms with E-state index < -0.39 is 0 Å². The van der Waals surface area contributed by atoms with Crippen LogP contribution >= 0.6 is 34.0 Å². The zero-order chi connectivity index (χ0) is 14.2. The highest BCUT2D eigenvalue weighted by molar-refractivity contribution is 7.13. The molecule has 0 N–H and O–H groups in total. The van der Waals surface area contributed by atoms with E-state index in [1.54, 1.807) is 34.0 Å². The first-order valence-corrected chi connectivity index (χ1v) is 9.11. The molecule has 0 saturated carbocycles. The second-order valence-corrected chi connectivity index (χ2v) is 7.45. The van der Waals surface area contributed by atoms with Crippen LogP contribution in [0.1, 0.15) is 14.6 Å². The summed E-state index contributed by atoms with van der Waals surface area (Å²) >= 11 is 4.91. The Labute approximate surface area is 134 Å². The lowest BCUT2D eigenvalue weighted by atomic mass is 10.1. The third-order valence-corrected chi connectivity index (χ3v) is 6.06. The van der Waals surface area contributed by atoms with E-state index in [1.807, 2.05) is 41.1 Å². The lowest BCUT2D eigenvalue weighted by Gasteiger charge is -2.02. The van der Waals surface area contributed by atoms with E-state index in [0.717, 1.165) is 31.4 Å². The molecule has 3 aromatic heterocycles. The van der Waals surface area contributed by atoms with Gasteiger partial charge in [0.15, 0.2) is 5.78 Å². The second kappa shape index (κ2) is 5.22.